The molecule has 1 aliphatic heterocycles. The van der Waals surface area contributed by atoms with Gasteiger partial charge in [-0.05, 0) is 30.0 Å². The molecule has 2 aliphatic rings. The molecule has 6 rings (SSSR count). The van der Waals surface area contributed by atoms with Gasteiger partial charge in [0, 0.05) is 43.2 Å². The van der Waals surface area contributed by atoms with E-state index in [2.05, 4.69) is 30.1 Å². The molecule has 0 amide bonds. The summed E-state index contributed by atoms with van der Waals surface area (Å²) in [7, 11) is 0. The van der Waals surface area contributed by atoms with Crippen molar-refractivity contribution in [1.29, 1.82) is 0 Å². The fourth-order valence-corrected chi connectivity index (χ4v) is 4.43. The molecule has 150 valence electrons. The number of rotatable bonds is 4. The van der Waals surface area contributed by atoms with Crippen molar-refractivity contribution in [2.24, 2.45) is 11.8 Å². The highest BCUT2D eigenvalue weighted by molar-refractivity contribution is 5.75. The van der Waals surface area contributed by atoms with E-state index in [-0.39, 0.29) is 18.0 Å². The lowest BCUT2D eigenvalue weighted by Crippen LogP contribution is -2.24. The SMILES string of the molecule is O=c1c2cccnc2cnn1Cc1nc([C@H]2[C@@H]3CN(c4ccnc(F)c4)C[C@@H]32)no1. The van der Waals surface area contributed by atoms with Crippen molar-refractivity contribution in [3.05, 3.63) is 70.9 Å². The summed E-state index contributed by atoms with van der Waals surface area (Å²) < 4.78 is 20.0. The molecule has 1 aliphatic carbocycles. The van der Waals surface area contributed by atoms with Crippen LogP contribution in [0.1, 0.15) is 17.6 Å². The summed E-state index contributed by atoms with van der Waals surface area (Å²) in [4.78, 5) is 27.0. The summed E-state index contributed by atoms with van der Waals surface area (Å²) in [5.41, 5.74) is 1.15. The van der Waals surface area contributed by atoms with Crippen molar-refractivity contribution in [3.63, 3.8) is 0 Å². The first-order valence-corrected chi connectivity index (χ1v) is 9.67. The summed E-state index contributed by atoms with van der Waals surface area (Å²) >= 11 is 0. The third-order valence-electron chi connectivity index (χ3n) is 5.96. The molecule has 0 N–H and O–H groups in total. The predicted molar refractivity (Wildman–Crippen MR) is 103 cm³/mol. The Kier molecular flexibility index (Phi) is 3.67. The van der Waals surface area contributed by atoms with E-state index in [4.69, 9.17) is 4.52 Å². The number of piperidine rings is 1. The largest absolute Gasteiger partial charge is 0.371 e. The summed E-state index contributed by atoms with van der Waals surface area (Å²) in [6.45, 7) is 1.75. The number of anilines is 1. The molecule has 9 nitrogen and oxygen atoms in total. The average molecular weight is 405 g/mol. The van der Waals surface area contributed by atoms with Crippen LogP contribution in [0, 0.1) is 17.8 Å². The lowest BCUT2D eigenvalue weighted by atomic mass is 10.2. The van der Waals surface area contributed by atoms with Gasteiger partial charge in [-0.25, -0.2) is 9.67 Å². The Morgan fingerprint density at radius 2 is 2.03 bits per heavy atom. The molecule has 4 aromatic heterocycles. The Balaban J connectivity index is 1.16. The van der Waals surface area contributed by atoms with Gasteiger partial charge < -0.3 is 9.42 Å². The van der Waals surface area contributed by atoms with E-state index in [1.807, 2.05) is 6.07 Å². The molecule has 5 heterocycles. The molecule has 10 heteroatoms. The zero-order valence-corrected chi connectivity index (χ0v) is 15.7. The highest BCUT2D eigenvalue weighted by Crippen LogP contribution is 2.57. The Morgan fingerprint density at radius 3 is 2.87 bits per heavy atom. The van der Waals surface area contributed by atoms with Gasteiger partial charge in [0.05, 0.1) is 17.1 Å². The minimum absolute atomic E-state index is 0.112. The number of fused-ring (bicyclic) bond motifs is 2. The molecule has 0 radical (unpaired) electrons. The molecule has 30 heavy (non-hydrogen) atoms. The second-order valence-corrected chi connectivity index (χ2v) is 7.69. The maximum absolute atomic E-state index is 13.4. The van der Waals surface area contributed by atoms with E-state index in [9.17, 15) is 9.18 Å². The van der Waals surface area contributed by atoms with Gasteiger partial charge >= 0.3 is 0 Å². The molecule has 2 fully saturated rings. The van der Waals surface area contributed by atoms with Crippen molar-refractivity contribution < 1.29 is 8.91 Å². The summed E-state index contributed by atoms with van der Waals surface area (Å²) in [6, 6.07) is 6.71. The van der Waals surface area contributed by atoms with E-state index in [0.29, 0.717) is 34.5 Å². The second-order valence-electron chi connectivity index (χ2n) is 7.69. The molecule has 4 aromatic rings. The van der Waals surface area contributed by atoms with Crippen molar-refractivity contribution in [1.82, 2.24) is 29.9 Å². The number of aromatic nitrogens is 6. The topological polar surface area (TPSA) is 103 Å². The van der Waals surface area contributed by atoms with Crippen molar-refractivity contribution >= 4 is 16.6 Å². The van der Waals surface area contributed by atoms with Gasteiger partial charge in [-0.3, -0.25) is 9.78 Å². The molecular weight excluding hydrogens is 389 g/mol. The smallest absolute Gasteiger partial charge is 0.276 e. The van der Waals surface area contributed by atoms with Crippen LogP contribution in [0.2, 0.25) is 0 Å². The van der Waals surface area contributed by atoms with Gasteiger partial charge in [-0.15, -0.1) is 0 Å². The van der Waals surface area contributed by atoms with E-state index < -0.39 is 5.95 Å². The molecular formula is C20H16FN7O2. The molecule has 0 unspecified atom stereocenters. The van der Waals surface area contributed by atoms with Gasteiger partial charge in [0.25, 0.3) is 5.56 Å². The lowest BCUT2D eigenvalue weighted by molar-refractivity contribution is 0.358. The Morgan fingerprint density at radius 1 is 1.17 bits per heavy atom. The average Bonchev–Trinajstić information content (AvgIpc) is 3.10. The zero-order valence-electron chi connectivity index (χ0n) is 15.7. The minimum atomic E-state index is -0.472. The molecule has 0 bridgehead atoms. The highest BCUT2D eigenvalue weighted by Gasteiger charge is 2.58. The van der Waals surface area contributed by atoms with Gasteiger partial charge in [0.1, 0.15) is 6.54 Å². The maximum atomic E-state index is 13.4. The van der Waals surface area contributed by atoms with E-state index in [0.717, 1.165) is 18.8 Å². The standard InChI is InChI=1S/C20H16FN7O2/c21-16-6-11(3-5-23-16)27-8-13-14(9-27)18(13)19-25-17(30-26-19)10-28-20(29)12-2-1-4-22-15(12)7-24-28/h1-7,13-14,18H,8-10H2/t13-,14+,18+. The van der Waals surface area contributed by atoms with Crippen molar-refractivity contribution in [2.45, 2.75) is 12.5 Å². The van der Waals surface area contributed by atoms with Crippen LogP contribution < -0.4 is 10.5 Å². The normalized spacial score (nSPS) is 22.4. The summed E-state index contributed by atoms with van der Waals surface area (Å²) in [5.74, 6) is 1.60. The minimum Gasteiger partial charge on any atom is -0.371 e. The van der Waals surface area contributed by atoms with Crippen LogP contribution in [0.4, 0.5) is 10.1 Å². The summed E-state index contributed by atoms with van der Waals surface area (Å²) in [5, 5.41) is 8.78. The van der Waals surface area contributed by atoms with Gasteiger partial charge in [-0.2, -0.15) is 14.5 Å². The van der Waals surface area contributed by atoms with Crippen LogP contribution in [0.3, 0.4) is 0 Å². The van der Waals surface area contributed by atoms with Crippen LogP contribution >= 0.6 is 0 Å². The van der Waals surface area contributed by atoms with Gasteiger partial charge in [0.2, 0.25) is 11.8 Å². The van der Waals surface area contributed by atoms with Crippen LogP contribution in [0.15, 0.2) is 52.2 Å². The Hall–Kier alpha value is -3.69. The number of nitrogens with zero attached hydrogens (tertiary/aromatic N) is 7. The molecule has 0 spiro atoms. The number of halogens is 1. The third-order valence-corrected chi connectivity index (χ3v) is 5.96. The summed E-state index contributed by atoms with van der Waals surface area (Å²) in [6.07, 6.45) is 4.66. The molecule has 1 saturated heterocycles. The Bertz CT molecular complexity index is 1310. The van der Waals surface area contributed by atoms with Gasteiger partial charge in [-0.1, -0.05) is 5.16 Å². The third kappa shape index (κ3) is 2.75. The van der Waals surface area contributed by atoms with Crippen LogP contribution in [0.5, 0.6) is 0 Å². The Labute approximate surface area is 169 Å². The monoisotopic (exact) mass is 405 g/mol. The highest BCUT2D eigenvalue weighted by atomic mass is 19.1. The first-order valence-electron chi connectivity index (χ1n) is 9.67. The predicted octanol–water partition coefficient (Wildman–Crippen LogP) is 1.61. The van der Waals surface area contributed by atoms with E-state index >= 15 is 0 Å². The second kappa shape index (κ2) is 6.41. The number of pyridine rings is 2. The van der Waals surface area contributed by atoms with E-state index in [1.54, 1.807) is 24.5 Å². The van der Waals surface area contributed by atoms with Crippen LogP contribution in [-0.4, -0.2) is 43.0 Å². The zero-order chi connectivity index (χ0) is 20.2. The lowest BCUT2D eigenvalue weighted by Gasteiger charge is -2.21. The molecule has 3 atom stereocenters. The first kappa shape index (κ1) is 17.2. The maximum Gasteiger partial charge on any atom is 0.276 e. The quantitative estimate of drug-likeness (QED) is 0.472. The number of hydrogen-bond acceptors (Lipinski definition) is 8. The van der Waals surface area contributed by atoms with Crippen LogP contribution in [-0.2, 0) is 6.54 Å². The molecule has 0 aromatic carbocycles. The molecule has 1 saturated carbocycles. The number of hydrogen-bond donors (Lipinski definition) is 0. The fourth-order valence-electron chi connectivity index (χ4n) is 4.43. The van der Waals surface area contributed by atoms with Crippen molar-refractivity contribution in [3.8, 4) is 0 Å². The van der Waals surface area contributed by atoms with Crippen molar-refractivity contribution in [2.75, 3.05) is 18.0 Å². The van der Waals surface area contributed by atoms with Gasteiger partial charge in [0.15, 0.2) is 5.82 Å². The van der Waals surface area contributed by atoms with Crippen LogP contribution in [0.25, 0.3) is 10.9 Å². The first-order chi connectivity index (χ1) is 14.7. The fraction of sp³-hybridized carbons (Fsp3) is 0.300. The van der Waals surface area contributed by atoms with E-state index in [1.165, 1.54) is 16.9 Å².